The summed E-state index contributed by atoms with van der Waals surface area (Å²) in [6.07, 6.45) is 2.81. The summed E-state index contributed by atoms with van der Waals surface area (Å²) < 4.78 is 5.70. The highest BCUT2D eigenvalue weighted by atomic mass is 16.4. The second-order valence-electron chi connectivity index (χ2n) is 6.47. The van der Waals surface area contributed by atoms with E-state index in [0.29, 0.717) is 17.3 Å². The number of oxazole rings is 1. The van der Waals surface area contributed by atoms with E-state index in [2.05, 4.69) is 34.6 Å². The fourth-order valence-corrected chi connectivity index (χ4v) is 3.39. The highest BCUT2D eigenvalue weighted by molar-refractivity contribution is 5.93. The Bertz CT molecular complexity index is 899. The van der Waals surface area contributed by atoms with E-state index in [9.17, 15) is 4.79 Å². The van der Waals surface area contributed by atoms with E-state index in [4.69, 9.17) is 4.42 Å². The van der Waals surface area contributed by atoms with Crippen LogP contribution in [0.3, 0.4) is 0 Å². The Labute approximate surface area is 146 Å². The first-order chi connectivity index (χ1) is 12.2. The minimum Gasteiger partial charge on any atom is -0.441 e. The number of nitrogens with one attached hydrogen (secondary N) is 1. The van der Waals surface area contributed by atoms with Gasteiger partial charge in [0.05, 0.1) is 0 Å². The molecular formula is C21H20N2O2. The summed E-state index contributed by atoms with van der Waals surface area (Å²) in [5.74, 6) is 0.873. The molecule has 4 rings (SSSR count). The number of amides is 1. The van der Waals surface area contributed by atoms with Crippen LogP contribution in [0.5, 0.6) is 0 Å². The number of aryl methyl sites for hydroxylation is 2. The lowest BCUT2D eigenvalue weighted by Crippen LogP contribution is -2.39. The van der Waals surface area contributed by atoms with E-state index in [0.717, 1.165) is 24.8 Å². The molecule has 0 saturated heterocycles. The first-order valence-corrected chi connectivity index (χ1v) is 8.61. The van der Waals surface area contributed by atoms with Crippen LogP contribution in [0.25, 0.3) is 11.5 Å². The third-order valence-corrected chi connectivity index (χ3v) is 4.71. The van der Waals surface area contributed by atoms with Crippen LogP contribution in [0, 0.1) is 6.92 Å². The van der Waals surface area contributed by atoms with Gasteiger partial charge in [-0.05, 0) is 49.4 Å². The van der Waals surface area contributed by atoms with E-state index < -0.39 is 0 Å². The molecule has 0 aliphatic heterocycles. The van der Waals surface area contributed by atoms with Gasteiger partial charge in [0.2, 0.25) is 5.89 Å². The summed E-state index contributed by atoms with van der Waals surface area (Å²) in [5.41, 5.74) is 3.95. The van der Waals surface area contributed by atoms with Gasteiger partial charge in [0, 0.05) is 11.6 Å². The molecule has 0 spiro atoms. The van der Waals surface area contributed by atoms with Gasteiger partial charge in [0.25, 0.3) is 5.91 Å². The maximum Gasteiger partial charge on any atom is 0.273 e. The van der Waals surface area contributed by atoms with Crippen molar-refractivity contribution in [2.24, 2.45) is 0 Å². The molecule has 25 heavy (non-hydrogen) atoms. The van der Waals surface area contributed by atoms with Gasteiger partial charge in [-0.1, -0.05) is 42.5 Å². The van der Waals surface area contributed by atoms with Crippen LogP contribution in [-0.4, -0.2) is 16.9 Å². The second kappa shape index (κ2) is 6.55. The van der Waals surface area contributed by atoms with Gasteiger partial charge in [-0.25, -0.2) is 4.98 Å². The molecule has 2 aromatic carbocycles. The topological polar surface area (TPSA) is 55.1 Å². The molecule has 1 aliphatic carbocycles. The van der Waals surface area contributed by atoms with Gasteiger partial charge in [-0.2, -0.15) is 0 Å². The molecule has 1 amide bonds. The molecule has 0 radical (unpaired) electrons. The fourth-order valence-electron chi connectivity index (χ4n) is 3.39. The van der Waals surface area contributed by atoms with Crippen molar-refractivity contribution in [3.05, 3.63) is 77.2 Å². The number of rotatable bonds is 3. The zero-order valence-electron chi connectivity index (χ0n) is 14.2. The maximum atomic E-state index is 12.7. The summed E-state index contributed by atoms with van der Waals surface area (Å²) in [7, 11) is 0. The number of carbonyl (C=O) groups is 1. The minimum absolute atomic E-state index is 0.138. The molecule has 4 heteroatoms. The van der Waals surface area contributed by atoms with Gasteiger partial charge >= 0.3 is 0 Å². The summed E-state index contributed by atoms with van der Waals surface area (Å²) in [4.78, 5) is 17.1. The monoisotopic (exact) mass is 332 g/mol. The SMILES string of the molecule is Cc1oc(-c2ccccc2)nc1C(=O)NC1CCc2ccccc2C1. The van der Waals surface area contributed by atoms with Gasteiger partial charge in [0.1, 0.15) is 5.76 Å². The molecule has 1 aromatic heterocycles. The quantitative estimate of drug-likeness (QED) is 0.790. The second-order valence-corrected chi connectivity index (χ2v) is 6.47. The average Bonchev–Trinajstić information content (AvgIpc) is 3.04. The van der Waals surface area contributed by atoms with Crippen LogP contribution in [0.1, 0.15) is 33.8 Å². The summed E-state index contributed by atoms with van der Waals surface area (Å²) in [5, 5.41) is 3.12. The number of hydrogen-bond acceptors (Lipinski definition) is 3. The summed E-state index contributed by atoms with van der Waals surface area (Å²) in [6.45, 7) is 1.78. The van der Waals surface area contributed by atoms with Gasteiger partial charge in [-0.3, -0.25) is 4.79 Å². The van der Waals surface area contributed by atoms with Gasteiger partial charge < -0.3 is 9.73 Å². The average molecular weight is 332 g/mol. The lowest BCUT2D eigenvalue weighted by atomic mass is 9.88. The van der Waals surface area contributed by atoms with E-state index in [-0.39, 0.29) is 11.9 Å². The van der Waals surface area contributed by atoms with Crippen molar-refractivity contribution in [2.75, 3.05) is 0 Å². The van der Waals surface area contributed by atoms with Crippen molar-refractivity contribution >= 4 is 5.91 Å². The number of fused-ring (bicyclic) bond motifs is 1. The van der Waals surface area contributed by atoms with Crippen molar-refractivity contribution < 1.29 is 9.21 Å². The smallest absolute Gasteiger partial charge is 0.273 e. The van der Waals surface area contributed by atoms with Crippen molar-refractivity contribution in [2.45, 2.75) is 32.2 Å². The summed E-state index contributed by atoms with van der Waals surface area (Å²) >= 11 is 0. The van der Waals surface area contributed by atoms with Gasteiger partial charge in [0.15, 0.2) is 5.69 Å². The van der Waals surface area contributed by atoms with E-state index in [1.807, 2.05) is 30.3 Å². The molecular weight excluding hydrogens is 312 g/mol. The normalized spacial score (nSPS) is 16.3. The van der Waals surface area contributed by atoms with Crippen LogP contribution in [0.4, 0.5) is 0 Å². The standard InChI is InChI=1S/C21H20N2O2/c1-14-19(23-21(25-14)16-8-3-2-4-9-16)20(24)22-18-12-11-15-7-5-6-10-17(15)13-18/h2-10,18H,11-13H2,1H3,(H,22,24). The summed E-state index contributed by atoms with van der Waals surface area (Å²) in [6, 6.07) is 18.2. The molecule has 1 N–H and O–H groups in total. The molecule has 0 fully saturated rings. The predicted molar refractivity (Wildman–Crippen MR) is 96.4 cm³/mol. The van der Waals surface area contributed by atoms with E-state index in [1.54, 1.807) is 6.92 Å². The van der Waals surface area contributed by atoms with Crippen molar-refractivity contribution in [1.82, 2.24) is 10.3 Å². The Morgan fingerprint density at radius 1 is 1.08 bits per heavy atom. The Morgan fingerprint density at radius 3 is 2.60 bits per heavy atom. The molecule has 1 unspecified atom stereocenters. The third kappa shape index (κ3) is 3.20. The first-order valence-electron chi connectivity index (χ1n) is 8.61. The number of nitrogens with zero attached hydrogens (tertiary/aromatic N) is 1. The Morgan fingerprint density at radius 2 is 1.80 bits per heavy atom. The van der Waals surface area contributed by atoms with Crippen molar-refractivity contribution in [3.63, 3.8) is 0 Å². The van der Waals surface area contributed by atoms with Crippen molar-refractivity contribution in [1.29, 1.82) is 0 Å². The first kappa shape index (κ1) is 15.6. The molecule has 1 heterocycles. The molecule has 0 bridgehead atoms. The number of carbonyl (C=O) groups excluding carboxylic acids is 1. The lowest BCUT2D eigenvalue weighted by Gasteiger charge is -2.25. The molecule has 126 valence electrons. The minimum atomic E-state index is -0.159. The van der Waals surface area contributed by atoms with E-state index >= 15 is 0 Å². The Hall–Kier alpha value is -2.88. The molecule has 3 aromatic rings. The van der Waals surface area contributed by atoms with Gasteiger partial charge in [-0.15, -0.1) is 0 Å². The number of benzene rings is 2. The zero-order valence-corrected chi connectivity index (χ0v) is 14.2. The molecule has 1 aliphatic rings. The van der Waals surface area contributed by atoms with Crippen LogP contribution >= 0.6 is 0 Å². The number of aromatic nitrogens is 1. The lowest BCUT2D eigenvalue weighted by molar-refractivity contribution is 0.0927. The molecule has 1 atom stereocenters. The van der Waals surface area contributed by atoms with Crippen LogP contribution < -0.4 is 5.32 Å². The van der Waals surface area contributed by atoms with E-state index in [1.165, 1.54) is 11.1 Å². The fraction of sp³-hybridized carbons (Fsp3) is 0.238. The van der Waals surface area contributed by atoms with Crippen LogP contribution in [-0.2, 0) is 12.8 Å². The third-order valence-electron chi connectivity index (χ3n) is 4.71. The van der Waals surface area contributed by atoms with Crippen LogP contribution in [0.15, 0.2) is 59.0 Å². The zero-order chi connectivity index (χ0) is 17.2. The molecule has 0 saturated carbocycles. The highest BCUT2D eigenvalue weighted by Gasteiger charge is 2.23. The Kier molecular flexibility index (Phi) is 4.10. The highest BCUT2D eigenvalue weighted by Crippen LogP contribution is 2.23. The number of hydrogen-bond donors (Lipinski definition) is 1. The van der Waals surface area contributed by atoms with Crippen molar-refractivity contribution in [3.8, 4) is 11.5 Å². The maximum absolute atomic E-state index is 12.7. The Balaban J connectivity index is 1.50. The largest absolute Gasteiger partial charge is 0.441 e. The predicted octanol–water partition coefficient (Wildman–Crippen LogP) is 3.94. The van der Waals surface area contributed by atoms with Crippen LogP contribution in [0.2, 0.25) is 0 Å². The molecule has 4 nitrogen and oxygen atoms in total.